The minimum absolute atomic E-state index is 0.0882. The van der Waals surface area contributed by atoms with E-state index in [9.17, 15) is 24.4 Å². The highest BCUT2D eigenvalue weighted by atomic mass is 32.1. The van der Waals surface area contributed by atoms with Gasteiger partial charge in [-0.25, -0.2) is 4.57 Å². The lowest BCUT2D eigenvalue weighted by Crippen LogP contribution is -2.46. The fourth-order valence-corrected chi connectivity index (χ4v) is 5.22. The quantitative estimate of drug-likeness (QED) is 0.147. The summed E-state index contributed by atoms with van der Waals surface area (Å²) in [5, 5.41) is 24.0. The van der Waals surface area contributed by atoms with Crippen LogP contribution < -0.4 is 15.2 Å². The standard InChI is InChI=1S/C23H28N3O9PS/c1-5-23(19(29)18(28)20(34-23)26-12-11-17(27)24-22(26)37)13-32-36(31,35-16-9-7-6-8-10-16)25-15(4)21(30)33-14(2)3/h1,6-12,14-15,18-20,28-29H,13H2,2-4H3,(H,25,31)(H,24,27,37)/t15-,18?,19?,20?,23+,36?/m0/s1. The van der Waals surface area contributed by atoms with E-state index in [0.717, 1.165) is 6.07 Å². The number of rotatable bonds is 10. The first-order chi connectivity index (χ1) is 17.4. The van der Waals surface area contributed by atoms with Crippen molar-refractivity contribution in [1.29, 1.82) is 0 Å². The molecule has 0 saturated carbocycles. The highest BCUT2D eigenvalue weighted by molar-refractivity contribution is 7.71. The smallest absolute Gasteiger partial charge is 0.459 e. The van der Waals surface area contributed by atoms with Crippen molar-refractivity contribution in [2.75, 3.05) is 6.61 Å². The summed E-state index contributed by atoms with van der Waals surface area (Å²) in [6, 6.07) is 8.05. The number of hydrogen-bond donors (Lipinski definition) is 4. The zero-order chi connectivity index (χ0) is 27.4. The van der Waals surface area contributed by atoms with Gasteiger partial charge >= 0.3 is 13.7 Å². The molecule has 0 radical (unpaired) electrons. The van der Waals surface area contributed by atoms with Crippen molar-refractivity contribution in [2.45, 2.75) is 57.0 Å². The number of aromatic nitrogens is 2. The third-order valence-corrected chi connectivity index (χ3v) is 7.21. The average molecular weight is 554 g/mol. The van der Waals surface area contributed by atoms with Gasteiger partial charge in [0.15, 0.2) is 16.6 Å². The highest BCUT2D eigenvalue weighted by Gasteiger charge is 2.55. The van der Waals surface area contributed by atoms with Crippen molar-refractivity contribution in [3.05, 3.63) is 57.7 Å². The van der Waals surface area contributed by atoms with Crippen molar-refractivity contribution in [1.82, 2.24) is 14.6 Å². The van der Waals surface area contributed by atoms with Gasteiger partial charge in [-0.05, 0) is 45.1 Å². The molecule has 1 fully saturated rings. The minimum Gasteiger partial charge on any atom is -0.462 e. The number of para-hydroxylation sites is 1. The van der Waals surface area contributed by atoms with E-state index in [1.807, 2.05) is 0 Å². The molecule has 1 saturated heterocycles. The van der Waals surface area contributed by atoms with Gasteiger partial charge in [-0.15, -0.1) is 6.42 Å². The van der Waals surface area contributed by atoms with Crippen molar-refractivity contribution >= 4 is 25.9 Å². The number of nitrogens with zero attached hydrogens (tertiary/aromatic N) is 1. The van der Waals surface area contributed by atoms with Gasteiger partial charge in [0.1, 0.15) is 30.6 Å². The van der Waals surface area contributed by atoms with Crippen LogP contribution in [0.15, 0.2) is 47.4 Å². The fraction of sp³-hybridized carbons (Fsp3) is 0.435. The second-order valence-corrected chi connectivity index (χ2v) is 10.6. The summed E-state index contributed by atoms with van der Waals surface area (Å²) in [6.45, 7) is 4.00. The summed E-state index contributed by atoms with van der Waals surface area (Å²) in [5.74, 6) is 1.70. The molecule has 6 atom stereocenters. The molecule has 2 heterocycles. The second kappa shape index (κ2) is 11.7. The van der Waals surface area contributed by atoms with E-state index in [-0.39, 0.29) is 10.5 Å². The van der Waals surface area contributed by atoms with Gasteiger partial charge in [-0.2, -0.15) is 5.09 Å². The third-order valence-electron chi connectivity index (χ3n) is 5.27. The van der Waals surface area contributed by atoms with Crippen LogP contribution in [0.3, 0.4) is 0 Å². The highest BCUT2D eigenvalue weighted by Crippen LogP contribution is 2.47. The monoisotopic (exact) mass is 553 g/mol. The number of H-pyrrole nitrogens is 1. The molecule has 0 spiro atoms. The maximum absolute atomic E-state index is 13.7. The van der Waals surface area contributed by atoms with Crippen LogP contribution in [-0.4, -0.2) is 62.3 Å². The van der Waals surface area contributed by atoms with Gasteiger partial charge in [0, 0.05) is 12.3 Å². The Morgan fingerprint density at radius 1 is 1.32 bits per heavy atom. The van der Waals surface area contributed by atoms with Gasteiger partial charge in [0.25, 0.3) is 5.56 Å². The molecular weight excluding hydrogens is 525 g/mol. The van der Waals surface area contributed by atoms with E-state index < -0.39 is 62.1 Å². The van der Waals surface area contributed by atoms with Gasteiger partial charge in [0.2, 0.25) is 0 Å². The zero-order valence-corrected chi connectivity index (χ0v) is 22.0. The van der Waals surface area contributed by atoms with Gasteiger partial charge < -0.3 is 24.2 Å². The third kappa shape index (κ3) is 6.74. The van der Waals surface area contributed by atoms with Crippen LogP contribution in [0.1, 0.15) is 27.0 Å². The maximum Gasteiger partial charge on any atom is 0.459 e. The van der Waals surface area contributed by atoms with E-state index in [0.29, 0.717) is 0 Å². The Kier molecular flexibility index (Phi) is 9.09. The predicted octanol–water partition coefficient (Wildman–Crippen LogP) is 1.66. The molecule has 0 amide bonds. The summed E-state index contributed by atoms with van der Waals surface area (Å²) in [7, 11) is -4.35. The molecule has 14 heteroatoms. The molecule has 12 nitrogen and oxygen atoms in total. The number of carbonyl (C=O) groups excluding carboxylic acids is 1. The second-order valence-electron chi connectivity index (χ2n) is 8.51. The lowest BCUT2D eigenvalue weighted by molar-refractivity contribution is -0.149. The summed E-state index contributed by atoms with van der Waals surface area (Å²) in [4.78, 5) is 26.2. The van der Waals surface area contributed by atoms with Crippen LogP contribution in [-0.2, 0) is 23.4 Å². The number of aliphatic hydroxyl groups is 2. The van der Waals surface area contributed by atoms with Crippen molar-refractivity contribution < 1.29 is 38.1 Å². The van der Waals surface area contributed by atoms with E-state index in [4.69, 9.17) is 37.2 Å². The predicted molar refractivity (Wildman–Crippen MR) is 134 cm³/mol. The van der Waals surface area contributed by atoms with Gasteiger partial charge in [-0.1, -0.05) is 24.1 Å². The van der Waals surface area contributed by atoms with Crippen molar-refractivity contribution in [3.63, 3.8) is 0 Å². The fourth-order valence-electron chi connectivity index (χ4n) is 3.43. The first-order valence-electron chi connectivity index (χ1n) is 11.2. The van der Waals surface area contributed by atoms with E-state index in [1.54, 1.807) is 32.0 Å². The van der Waals surface area contributed by atoms with Gasteiger partial charge in [-0.3, -0.25) is 23.7 Å². The maximum atomic E-state index is 13.7. The van der Waals surface area contributed by atoms with Crippen LogP contribution in [0, 0.1) is 17.1 Å². The number of benzene rings is 1. The Morgan fingerprint density at radius 2 is 2.00 bits per heavy atom. The number of ether oxygens (including phenoxy) is 2. The number of esters is 1. The number of terminal acetylenes is 1. The number of aliphatic hydroxyl groups excluding tert-OH is 2. The topological polar surface area (TPSA) is 161 Å². The van der Waals surface area contributed by atoms with Crippen LogP contribution in [0.25, 0.3) is 0 Å². The van der Waals surface area contributed by atoms with Gasteiger partial charge in [0.05, 0.1) is 6.10 Å². The molecule has 1 aliphatic heterocycles. The first kappa shape index (κ1) is 28.7. The number of hydrogen-bond acceptors (Lipinski definition) is 10. The molecule has 37 heavy (non-hydrogen) atoms. The average Bonchev–Trinajstić information content (AvgIpc) is 3.08. The minimum atomic E-state index is -4.35. The number of aromatic amines is 1. The van der Waals surface area contributed by atoms with E-state index in [1.165, 1.54) is 29.8 Å². The van der Waals surface area contributed by atoms with Crippen molar-refractivity contribution in [3.8, 4) is 18.1 Å². The van der Waals surface area contributed by atoms with Crippen LogP contribution in [0.2, 0.25) is 0 Å². The molecule has 1 aliphatic rings. The molecule has 2 aromatic rings. The zero-order valence-electron chi connectivity index (χ0n) is 20.3. The van der Waals surface area contributed by atoms with Crippen LogP contribution in [0.5, 0.6) is 5.75 Å². The Bertz CT molecular complexity index is 1310. The Labute approximate surface area is 218 Å². The molecule has 4 unspecified atom stereocenters. The summed E-state index contributed by atoms with van der Waals surface area (Å²) in [5.41, 5.74) is -2.48. The molecular formula is C23H28N3O9PS. The SMILES string of the molecule is C#C[C@]1(COP(=O)(N[C@@H](C)C(=O)OC(C)C)Oc2ccccc2)OC(n2ccc(=O)[nH]c2=S)C(O)C1O. The van der Waals surface area contributed by atoms with Crippen LogP contribution >= 0.6 is 20.0 Å². The molecule has 1 aromatic carbocycles. The first-order valence-corrected chi connectivity index (χ1v) is 13.2. The molecule has 200 valence electrons. The van der Waals surface area contributed by atoms with E-state index in [2.05, 4.69) is 16.0 Å². The molecule has 3 rings (SSSR count). The molecule has 4 N–H and O–H groups in total. The van der Waals surface area contributed by atoms with Crippen molar-refractivity contribution in [2.24, 2.45) is 0 Å². The summed E-state index contributed by atoms with van der Waals surface area (Å²) >= 11 is 5.11. The van der Waals surface area contributed by atoms with Crippen LogP contribution in [0.4, 0.5) is 0 Å². The van der Waals surface area contributed by atoms with E-state index >= 15 is 0 Å². The summed E-state index contributed by atoms with van der Waals surface area (Å²) < 4.78 is 36.9. The Balaban J connectivity index is 1.87. The lowest BCUT2D eigenvalue weighted by Gasteiger charge is -2.29. The normalized spacial score (nSPS) is 25.7. The number of nitrogens with one attached hydrogen (secondary N) is 2. The molecule has 0 aliphatic carbocycles. The lowest BCUT2D eigenvalue weighted by atomic mass is 9.97. The number of carbonyl (C=O) groups is 1. The Hall–Kier alpha value is -2.82. The summed E-state index contributed by atoms with van der Waals surface area (Å²) in [6.07, 6.45) is 1.89. The molecule has 1 aromatic heterocycles. The Morgan fingerprint density at radius 3 is 2.59 bits per heavy atom. The molecule has 0 bridgehead atoms. The largest absolute Gasteiger partial charge is 0.462 e.